The van der Waals surface area contributed by atoms with E-state index in [0.717, 1.165) is 21.5 Å². The standard InChI is InChI=1S/C18H19O4P/c1-3-20-23(19,21-4-2)22-18-11-7-10-16-12-14-8-5-6-9-15(14)13-17(16)18/h5-13H,3-4H2,1-2H3. The Labute approximate surface area is 135 Å². The highest BCUT2D eigenvalue weighted by atomic mass is 31.2. The minimum Gasteiger partial charge on any atom is -0.403 e. The fourth-order valence-corrected chi connectivity index (χ4v) is 3.76. The van der Waals surface area contributed by atoms with Gasteiger partial charge in [0.2, 0.25) is 0 Å². The van der Waals surface area contributed by atoms with Gasteiger partial charge in [-0.2, -0.15) is 0 Å². The second-order valence-electron chi connectivity index (χ2n) is 5.05. The highest BCUT2D eigenvalue weighted by molar-refractivity contribution is 7.48. The number of hydrogen-bond acceptors (Lipinski definition) is 4. The molecular formula is C18H19O4P. The predicted molar refractivity (Wildman–Crippen MR) is 92.9 cm³/mol. The third-order valence-corrected chi connectivity index (χ3v) is 5.06. The maximum Gasteiger partial charge on any atom is 0.530 e. The minimum atomic E-state index is -3.61. The molecule has 0 aliphatic heterocycles. The summed E-state index contributed by atoms with van der Waals surface area (Å²) in [5, 5.41) is 4.14. The summed E-state index contributed by atoms with van der Waals surface area (Å²) in [6, 6.07) is 17.9. The molecule has 0 heterocycles. The van der Waals surface area contributed by atoms with Gasteiger partial charge in [0.25, 0.3) is 0 Å². The van der Waals surface area contributed by atoms with E-state index < -0.39 is 7.82 Å². The van der Waals surface area contributed by atoms with Gasteiger partial charge in [-0.25, -0.2) is 4.57 Å². The van der Waals surface area contributed by atoms with E-state index in [-0.39, 0.29) is 13.2 Å². The van der Waals surface area contributed by atoms with Crippen molar-refractivity contribution in [3.63, 3.8) is 0 Å². The van der Waals surface area contributed by atoms with Crippen molar-refractivity contribution in [2.75, 3.05) is 13.2 Å². The highest BCUT2D eigenvalue weighted by Crippen LogP contribution is 2.50. The second-order valence-corrected chi connectivity index (χ2v) is 6.64. The second kappa shape index (κ2) is 6.71. The Morgan fingerprint density at radius 2 is 1.43 bits per heavy atom. The van der Waals surface area contributed by atoms with Crippen LogP contribution in [0.25, 0.3) is 21.5 Å². The van der Waals surface area contributed by atoms with Gasteiger partial charge in [0.05, 0.1) is 13.2 Å². The predicted octanol–water partition coefficient (Wildman–Crippen LogP) is 5.55. The summed E-state index contributed by atoms with van der Waals surface area (Å²) >= 11 is 0. The zero-order chi connectivity index (χ0) is 16.3. The molecule has 0 saturated carbocycles. The first-order valence-corrected chi connectivity index (χ1v) is 9.11. The summed E-state index contributed by atoms with van der Waals surface area (Å²) in [4.78, 5) is 0. The molecule has 120 valence electrons. The number of rotatable bonds is 6. The normalized spacial score (nSPS) is 11.9. The van der Waals surface area contributed by atoms with Crippen LogP contribution in [0.5, 0.6) is 5.75 Å². The lowest BCUT2D eigenvalue weighted by Crippen LogP contribution is -2.02. The molecule has 3 aromatic carbocycles. The number of benzene rings is 3. The van der Waals surface area contributed by atoms with E-state index >= 15 is 0 Å². The van der Waals surface area contributed by atoms with Crippen LogP contribution in [-0.2, 0) is 13.6 Å². The van der Waals surface area contributed by atoms with Gasteiger partial charge in [0, 0.05) is 5.39 Å². The molecule has 0 unspecified atom stereocenters. The first-order chi connectivity index (χ1) is 11.1. The summed E-state index contributed by atoms with van der Waals surface area (Å²) in [6.45, 7) is 4.02. The van der Waals surface area contributed by atoms with Crippen LogP contribution in [-0.4, -0.2) is 13.2 Å². The molecule has 0 N–H and O–H groups in total. The third kappa shape index (κ3) is 3.40. The lowest BCUT2D eigenvalue weighted by molar-refractivity contribution is 0.168. The van der Waals surface area contributed by atoms with Crippen molar-refractivity contribution in [3.05, 3.63) is 54.6 Å². The fraction of sp³-hybridized carbons (Fsp3) is 0.222. The van der Waals surface area contributed by atoms with Crippen LogP contribution in [0.15, 0.2) is 54.6 Å². The van der Waals surface area contributed by atoms with Gasteiger partial charge < -0.3 is 4.52 Å². The summed E-state index contributed by atoms with van der Waals surface area (Å²) in [5.41, 5.74) is 0. The molecule has 0 bridgehead atoms. The van der Waals surface area contributed by atoms with Crippen molar-refractivity contribution in [3.8, 4) is 5.75 Å². The minimum absolute atomic E-state index is 0.255. The third-order valence-electron chi connectivity index (χ3n) is 3.49. The molecule has 3 rings (SSSR count). The number of phosphoric ester groups is 1. The van der Waals surface area contributed by atoms with Crippen molar-refractivity contribution in [2.24, 2.45) is 0 Å². The van der Waals surface area contributed by atoms with Crippen molar-refractivity contribution < 1.29 is 18.1 Å². The quantitative estimate of drug-likeness (QED) is 0.439. The van der Waals surface area contributed by atoms with E-state index in [2.05, 4.69) is 12.1 Å². The maximum absolute atomic E-state index is 12.6. The van der Waals surface area contributed by atoms with Crippen molar-refractivity contribution >= 4 is 29.4 Å². The van der Waals surface area contributed by atoms with Crippen molar-refractivity contribution in [1.29, 1.82) is 0 Å². The Bertz CT molecular complexity index is 865. The number of phosphoric acid groups is 1. The average molecular weight is 330 g/mol. The number of hydrogen-bond donors (Lipinski definition) is 0. The Kier molecular flexibility index (Phi) is 4.67. The molecule has 0 radical (unpaired) electrons. The molecule has 0 aliphatic carbocycles. The lowest BCUT2D eigenvalue weighted by Gasteiger charge is -2.18. The van der Waals surface area contributed by atoms with E-state index in [1.165, 1.54) is 0 Å². The van der Waals surface area contributed by atoms with Crippen LogP contribution in [0, 0.1) is 0 Å². The van der Waals surface area contributed by atoms with Crippen LogP contribution in [0.4, 0.5) is 0 Å². The molecule has 3 aromatic rings. The Morgan fingerprint density at radius 1 is 0.826 bits per heavy atom. The molecule has 0 aromatic heterocycles. The van der Waals surface area contributed by atoms with E-state index in [1.807, 2.05) is 36.4 Å². The molecule has 0 amide bonds. The SMILES string of the molecule is CCOP(=O)(OCC)Oc1cccc2cc3ccccc3cc12. The van der Waals surface area contributed by atoms with Gasteiger partial charge >= 0.3 is 7.82 Å². The molecule has 0 saturated heterocycles. The van der Waals surface area contributed by atoms with Gasteiger partial charge in [-0.3, -0.25) is 9.05 Å². The molecule has 0 fully saturated rings. The fourth-order valence-electron chi connectivity index (χ4n) is 2.54. The summed E-state index contributed by atoms with van der Waals surface area (Å²) < 4.78 is 28.7. The largest absolute Gasteiger partial charge is 0.530 e. The van der Waals surface area contributed by atoms with E-state index in [1.54, 1.807) is 19.9 Å². The van der Waals surface area contributed by atoms with Crippen LogP contribution >= 0.6 is 7.82 Å². The van der Waals surface area contributed by atoms with Crippen LogP contribution in [0.1, 0.15) is 13.8 Å². The first-order valence-electron chi connectivity index (χ1n) is 7.65. The summed E-state index contributed by atoms with van der Waals surface area (Å²) in [7, 11) is -3.61. The lowest BCUT2D eigenvalue weighted by atomic mass is 10.0. The Balaban J connectivity index is 2.10. The maximum atomic E-state index is 12.6. The monoisotopic (exact) mass is 330 g/mol. The molecule has 23 heavy (non-hydrogen) atoms. The van der Waals surface area contributed by atoms with Gasteiger partial charge in [0.15, 0.2) is 0 Å². The van der Waals surface area contributed by atoms with E-state index in [4.69, 9.17) is 13.6 Å². The summed E-state index contributed by atoms with van der Waals surface area (Å²) in [5.74, 6) is 0.499. The van der Waals surface area contributed by atoms with Crippen molar-refractivity contribution in [1.82, 2.24) is 0 Å². The zero-order valence-corrected chi connectivity index (χ0v) is 14.1. The van der Waals surface area contributed by atoms with Gasteiger partial charge in [-0.1, -0.05) is 36.4 Å². The highest BCUT2D eigenvalue weighted by Gasteiger charge is 2.28. The Morgan fingerprint density at radius 3 is 2.09 bits per heavy atom. The molecular weight excluding hydrogens is 311 g/mol. The van der Waals surface area contributed by atoms with Gasteiger partial charge in [-0.15, -0.1) is 0 Å². The van der Waals surface area contributed by atoms with Crippen LogP contribution in [0.2, 0.25) is 0 Å². The molecule has 0 atom stereocenters. The van der Waals surface area contributed by atoms with Crippen molar-refractivity contribution in [2.45, 2.75) is 13.8 Å². The molecule has 0 spiro atoms. The topological polar surface area (TPSA) is 44.8 Å². The Hall–Kier alpha value is -1.87. The smallest absolute Gasteiger partial charge is 0.403 e. The summed E-state index contributed by atoms with van der Waals surface area (Å²) in [6.07, 6.45) is 0. The zero-order valence-electron chi connectivity index (χ0n) is 13.2. The molecule has 4 nitrogen and oxygen atoms in total. The van der Waals surface area contributed by atoms with Gasteiger partial charge in [-0.05, 0) is 48.2 Å². The van der Waals surface area contributed by atoms with E-state index in [0.29, 0.717) is 5.75 Å². The van der Waals surface area contributed by atoms with E-state index in [9.17, 15) is 4.57 Å². The molecule has 5 heteroatoms. The van der Waals surface area contributed by atoms with Crippen LogP contribution < -0.4 is 4.52 Å². The number of fused-ring (bicyclic) bond motifs is 2. The molecule has 0 aliphatic rings. The first kappa shape index (κ1) is 16.0. The van der Waals surface area contributed by atoms with Gasteiger partial charge in [0.1, 0.15) is 5.75 Å². The van der Waals surface area contributed by atoms with Crippen LogP contribution in [0.3, 0.4) is 0 Å². The average Bonchev–Trinajstić information content (AvgIpc) is 2.54.